The lowest BCUT2D eigenvalue weighted by Gasteiger charge is -2.13. The van der Waals surface area contributed by atoms with E-state index in [1.54, 1.807) is 12.1 Å². The fourth-order valence-corrected chi connectivity index (χ4v) is 2.54. The molecule has 0 aliphatic heterocycles. The molecule has 1 N–H and O–H groups in total. The lowest BCUT2D eigenvalue weighted by molar-refractivity contribution is -0.118. The van der Waals surface area contributed by atoms with Crippen molar-refractivity contribution in [2.24, 2.45) is 0 Å². The molecule has 2 rings (SSSR count). The third-order valence-corrected chi connectivity index (χ3v) is 3.60. The third-order valence-electron chi connectivity index (χ3n) is 3.01. The highest BCUT2D eigenvalue weighted by Gasteiger charge is 2.13. The number of halogens is 1. The van der Waals surface area contributed by atoms with Gasteiger partial charge in [0.2, 0.25) is 0 Å². The number of rotatable bonds is 5. The molecule has 0 saturated carbocycles. The van der Waals surface area contributed by atoms with Crippen molar-refractivity contribution < 1.29 is 14.3 Å². The van der Waals surface area contributed by atoms with E-state index < -0.39 is 0 Å². The molecule has 0 saturated heterocycles. The van der Waals surface area contributed by atoms with Crippen molar-refractivity contribution in [3.8, 4) is 17.6 Å². The summed E-state index contributed by atoms with van der Waals surface area (Å²) >= 11 is 3.32. The van der Waals surface area contributed by atoms with E-state index in [9.17, 15) is 4.79 Å². The van der Waals surface area contributed by atoms with E-state index in [-0.39, 0.29) is 12.5 Å². The number of carbonyl (C=O) groups excluding carboxylic acids is 1. The Morgan fingerprint density at radius 3 is 2.78 bits per heavy atom. The third kappa shape index (κ3) is 4.47. The van der Waals surface area contributed by atoms with Crippen LogP contribution in [-0.4, -0.2) is 19.6 Å². The summed E-state index contributed by atoms with van der Waals surface area (Å²) in [5.74, 6) is 0.485. The first-order chi connectivity index (χ1) is 11.0. The van der Waals surface area contributed by atoms with Gasteiger partial charge in [-0.2, -0.15) is 5.26 Å². The van der Waals surface area contributed by atoms with Crippen LogP contribution in [0.4, 0.5) is 5.69 Å². The van der Waals surface area contributed by atoms with Gasteiger partial charge in [-0.3, -0.25) is 4.79 Å². The summed E-state index contributed by atoms with van der Waals surface area (Å²) in [6.07, 6.45) is 0. The van der Waals surface area contributed by atoms with Gasteiger partial charge in [0.05, 0.1) is 23.2 Å². The largest absolute Gasteiger partial charge is 0.493 e. The Morgan fingerprint density at radius 2 is 2.13 bits per heavy atom. The highest BCUT2D eigenvalue weighted by Crippen LogP contribution is 2.36. The van der Waals surface area contributed by atoms with Crippen molar-refractivity contribution in [2.45, 2.75) is 6.92 Å². The molecular formula is C17H15BrN2O3. The maximum atomic E-state index is 12.0. The second kappa shape index (κ2) is 7.65. The molecule has 2 aromatic carbocycles. The number of aryl methyl sites for hydroxylation is 1. The van der Waals surface area contributed by atoms with Crippen LogP contribution in [0.1, 0.15) is 11.1 Å². The fraction of sp³-hybridized carbons (Fsp3) is 0.176. The summed E-state index contributed by atoms with van der Waals surface area (Å²) in [4.78, 5) is 12.0. The van der Waals surface area contributed by atoms with Gasteiger partial charge in [0, 0.05) is 11.8 Å². The Kier molecular flexibility index (Phi) is 5.61. The van der Waals surface area contributed by atoms with Gasteiger partial charge in [-0.05, 0) is 46.6 Å². The molecule has 0 spiro atoms. The van der Waals surface area contributed by atoms with Gasteiger partial charge in [-0.15, -0.1) is 0 Å². The number of nitriles is 1. The molecule has 6 heteroatoms. The monoisotopic (exact) mass is 374 g/mol. The van der Waals surface area contributed by atoms with E-state index in [2.05, 4.69) is 21.2 Å². The molecule has 0 aliphatic rings. The number of nitrogens with one attached hydrogen (secondary N) is 1. The average molecular weight is 375 g/mol. The van der Waals surface area contributed by atoms with Crippen LogP contribution >= 0.6 is 15.9 Å². The summed E-state index contributed by atoms with van der Waals surface area (Å²) in [6.45, 7) is 1.78. The first kappa shape index (κ1) is 16.8. The number of carbonyl (C=O) groups is 1. The molecule has 0 heterocycles. The number of amides is 1. The molecule has 0 radical (unpaired) electrons. The van der Waals surface area contributed by atoms with E-state index in [0.29, 0.717) is 27.2 Å². The molecule has 118 valence electrons. The molecule has 0 bridgehead atoms. The van der Waals surface area contributed by atoms with Crippen LogP contribution in [0.3, 0.4) is 0 Å². The highest BCUT2D eigenvalue weighted by molar-refractivity contribution is 9.10. The van der Waals surface area contributed by atoms with Gasteiger partial charge in [0.25, 0.3) is 5.91 Å². The summed E-state index contributed by atoms with van der Waals surface area (Å²) in [5.41, 5.74) is 2.20. The maximum absolute atomic E-state index is 12.0. The summed E-state index contributed by atoms with van der Waals surface area (Å²) in [7, 11) is 1.47. The molecule has 0 aromatic heterocycles. The number of anilines is 1. The van der Waals surface area contributed by atoms with Gasteiger partial charge >= 0.3 is 0 Å². The van der Waals surface area contributed by atoms with Crippen molar-refractivity contribution >= 4 is 27.5 Å². The van der Waals surface area contributed by atoms with Crippen LogP contribution in [0.25, 0.3) is 0 Å². The number of ether oxygens (including phenoxy) is 2. The van der Waals surface area contributed by atoms with Gasteiger partial charge in [0.1, 0.15) is 0 Å². The number of methoxy groups -OCH3 is 1. The number of benzene rings is 2. The Morgan fingerprint density at radius 1 is 1.35 bits per heavy atom. The molecule has 5 nitrogen and oxygen atoms in total. The summed E-state index contributed by atoms with van der Waals surface area (Å²) in [6, 6.07) is 12.7. The minimum atomic E-state index is -0.283. The maximum Gasteiger partial charge on any atom is 0.262 e. The molecular weight excluding hydrogens is 360 g/mol. The predicted octanol–water partition coefficient (Wildman–Crippen LogP) is 3.66. The molecule has 0 fully saturated rings. The normalized spacial score (nSPS) is 9.83. The van der Waals surface area contributed by atoms with Crippen LogP contribution in [0.15, 0.2) is 40.9 Å². The lowest BCUT2D eigenvalue weighted by Crippen LogP contribution is -2.20. The van der Waals surface area contributed by atoms with Crippen molar-refractivity contribution in [1.82, 2.24) is 0 Å². The van der Waals surface area contributed by atoms with Crippen molar-refractivity contribution in [3.05, 3.63) is 52.0 Å². The second-order valence-electron chi connectivity index (χ2n) is 4.81. The first-order valence-electron chi connectivity index (χ1n) is 6.80. The van der Waals surface area contributed by atoms with Gasteiger partial charge < -0.3 is 14.8 Å². The zero-order valence-electron chi connectivity index (χ0n) is 12.7. The van der Waals surface area contributed by atoms with E-state index in [0.717, 1.165) is 5.56 Å². The summed E-state index contributed by atoms with van der Waals surface area (Å²) < 4.78 is 11.3. The minimum Gasteiger partial charge on any atom is -0.493 e. The Bertz CT molecular complexity index is 769. The van der Waals surface area contributed by atoms with Gasteiger partial charge in [-0.25, -0.2) is 0 Å². The second-order valence-corrected chi connectivity index (χ2v) is 5.66. The van der Waals surface area contributed by atoms with E-state index in [1.165, 1.54) is 7.11 Å². The minimum absolute atomic E-state index is 0.172. The van der Waals surface area contributed by atoms with Gasteiger partial charge in [-0.1, -0.05) is 12.1 Å². The zero-order valence-corrected chi connectivity index (χ0v) is 14.3. The van der Waals surface area contributed by atoms with Gasteiger partial charge in [0.15, 0.2) is 18.1 Å². The average Bonchev–Trinajstić information content (AvgIpc) is 2.52. The smallest absolute Gasteiger partial charge is 0.262 e. The highest BCUT2D eigenvalue weighted by atomic mass is 79.9. The van der Waals surface area contributed by atoms with Crippen LogP contribution in [0.5, 0.6) is 11.5 Å². The van der Waals surface area contributed by atoms with E-state index >= 15 is 0 Å². The SMILES string of the molecule is COc1cc(C#N)cc(Br)c1OCC(=O)Nc1cccc(C)c1. The molecule has 23 heavy (non-hydrogen) atoms. The number of hydrogen-bond acceptors (Lipinski definition) is 4. The quantitative estimate of drug-likeness (QED) is 0.866. The van der Waals surface area contributed by atoms with Crippen LogP contribution in [0.2, 0.25) is 0 Å². The lowest BCUT2D eigenvalue weighted by atomic mass is 10.2. The predicted molar refractivity (Wildman–Crippen MR) is 90.7 cm³/mol. The van der Waals surface area contributed by atoms with Crippen molar-refractivity contribution in [2.75, 3.05) is 19.0 Å². The molecule has 2 aromatic rings. The molecule has 0 aliphatic carbocycles. The standard InChI is InChI=1S/C17H15BrN2O3/c1-11-4-3-5-13(6-11)20-16(21)10-23-17-14(18)7-12(9-19)8-15(17)22-2/h3-8H,10H2,1-2H3,(H,20,21). The molecule has 0 atom stereocenters. The van der Waals surface area contributed by atoms with Crippen LogP contribution in [0, 0.1) is 18.3 Å². The van der Waals surface area contributed by atoms with E-state index in [1.807, 2.05) is 37.3 Å². The Labute approximate surface area is 143 Å². The zero-order chi connectivity index (χ0) is 16.8. The Balaban J connectivity index is 2.06. The van der Waals surface area contributed by atoms with Crippen LogP contribution in [-0.2, 0) is 4.79 Å². The van der Waals surface area contributed by atoms with Crippen molar-refractivity contribution in [3.63, 3.8) is 0 Å². The first-order valence-corrected chi connectivity index (χ1v) is 7.59. The van der Waals surface area contributed by atoms with Crippen molar-refractivity contribution in [1.29, 1.82) is 5.26 Å². The van der Waals surface area contributed by atoms with Crippen LogP contribution < -0.4 is 14.8 Å². The Hall–Kier alpha value is -2.52. The fourth-order valence-electron chi connectivity index (χ4n) is 1.98. The topological polar surface area (TPSA) is 71.3 Å². The molecule has 0 unspecified atom stereocenters. The number of hydrogen-bond donors (Lipinski definition) is 1. The van der Waals surface area contributed by atoms with E-state index in [4.69, 9.17) is 14.7 Å². The molecule has 1 amide bonds. The summed E-state index contributed by atoms with van der Waals surface area (Å²) in [5, 5.41) is 11.7. The number of nitrogens with zero attached hydrogens (tertiary/aromatic N) is 1.